The molecule has 2 aliphatic rings. The zero-order chi connectivity index (χ0) is 18.8. The summed E-state index contributed by atoms with van der Waals surface area (Å²) in [5.74, 6) is -1.70. The van der Waals surface area contributed by atoms with Gasteiger partial charge in [0, 0.05) is 17.9 Å². The summed E-state index contributed by atoms with van der Waals surface area (Å²) in [4.78, 5) is 12.2. The van der Waals surface area contributed by atoms with Crippen LogP contribution in [-0.4, -0.2) is 41.2 Å². The van der Waals surface area contributed by atoms with Crippen molar-refractivity contribution in [3.63, 3.8) is 0 Å². The van der Waals surface area contributed by atoms with Crippen LogP contribution in [0.5, 0.6) is 11.5 Å². The number of phenolic OH excluding ortho intramolecular Hbond substituents is 2. The van der Waals surface area contributed by atoms with Gasteiger partial charge in [-0.25, -0.2) is 4.79 Å². The highest BCUT2D eigenvalue weighted by Gasteiger charge is 2.39. The number of benzene rings is 1. The van der Waals surface area contributed by atoms with Crippen LogP contribution in [0.3, 0.4) is 0 Å². The van der Waals surface area contributed by atoms with E-state index in [4.69, 9.17) is 9.47 Å². The smallest absolute Gasteiger partial charge is 0.337 e. The van der Waals surface area contributed by atoms with Crippen LogP contribution in [0.15, 0.2) is 36.6 Å². The van der Waals surface area contributed by atoms with E-state index in [1.165, 1.54) is 13.4 Å². The fourth-order valence-corrected chi connectivity index (χ4v) is 3.74. The van der Waals surface area contributed by atoms with Crippen molar-refractivity contribution in [1.82, 2.24) is 5.32 Å². The predicted octanol–water partition coefficient (Wildman–Crippen LogP) is 1.50. The first-order valence-electron chi connectivity index (χ1n) is 8.48. The zero-order valence-corrected chi connectivity index (χ0v) is 14.5. The van der Waals surface area contributed by atoms with Crippen LogP contribution in [-0.2, 0) is 20.7 Å². The van der Waals surface area contributed by atoms with Crippen LogP contribution in [0.25, 0.3) is 0 Å². The lowest BCUT2D eigenvalue weighted by molar-refractivity contribution is -0.142. The number of aliphatic hydroxyl groups is 1. The second kappa shape index (κ2) is 7.39. The molecular weight excluding hydrogens is 338 g/mol. The molecule has 0 saturated heterocycles. The molecule has 1 aromatic rings. The van der Waals surface area contributed by atoms with E-state index in [9.17, 15) is 20.1 Å². The van der Waals surface area contributed by atoms with Gasteiger partial charge in [0.05, 0.1) is 18.9 Å². The van der Waals surface area contributed by atoms with Crippen molar-refractivity contribution < 1.29 is 29.6 Å². The number of aliphatic hydroxyl groups excluding tert-OH is 1. The normalized spacial score (nSPS) is 27.7. The molecule has 140 valence electrons. The molecule has 0 aliphatic carbocycles. The van der Waals surface area contributed by atoms with Gasteiger partial charge in [-0.05, 0) is 42.6 Å². The second-order valence-corrected chi connectivity index (χ2v) is 6.54. The molecule has 1 aromatic carbocycles. The van der Waals surface area contributed by atoms with Gasteiger partial charge in [0.1, 0.15) is 0 Å². The van der Waals surface area contributed by atoms with Gasteiger partial charge < -0.3 is 30.1 Å². The lowest BCUT2D eigenvalue weighted by Gasteiger charge is -2.37. The van der Waals surface area contributed by atoms with Crippen LogP contribution < -0.4 is 5.32 Å². The van der Waals surface area contributed by atoms with E-state index >= 15 is 0 Å². The number of fused-ring (bicyclic) bond motifs is 1. The van der Waals surface area contributed by atoms with E-state index in [0.29, 0.717) is 18.5 Å². The number of ether oxygens (including phenoxy) is 2. The number of methoxy groups -OCH3 is 1. The summed E-state index contributed by atoms with van der Waals surface area (Å²) in [6.45, 7) is 4.45. The van der Waals surface area contributed by atoms with Crippen molar-refractivity contribution in [2.75, 3.05) is 13.7 Å². The van der Waals surface area contributed by atoms with Crippen LogP contribution in [0.4, 0.5) is 0 Å². The van der Waals surface area contributed by atoms with Gasteiger partial charge in [-0.15, -0.1) is 6.58 Å². The Morgan fingerprint density at radius 1 is 1.42 bits per heavy atom. The number of phenols is 2. The number of aromatic hydroxyl groups is 2. The van der Waals surface area contributed by atoms with Gasteiger partial charge in [0.15, 0.2) is 11.5 Å². The number of carbonyl (C=O) groups excluding carboxylic acids is 1. The molecule has 4 atom stereocenters. The molecule has 2 heterocycles. The molecule has 3 rings (SSSR count). The first-order chi connectivity index (χ1) is 12.5. The Kier molecular flexibility index (Phi) is 5.20. The van der Waals surface area contributed by atoms with Crippen molar-refractivity contribution in [1.29, 1.82) is 0 Å². The van der Waals surface area contributed by atoms with Crippen molar-refractivity contribution in [2.45, 2.75) is 25.2 Å². The number of esters is 1. The summed E-state index contributed by atoms with van der Waals surface area (Å²) < 4.78 is 10.0. The highest BCUT2D eigenvalue weighted by atomic mass is 16.6. The van der Waals surface area contributed by atoms with Crippen LogP contribution in [0, 0.1) is 11.8 Å². The summed E-state index contributed by atoms with van der Waals surface area (Å²) in [7, 11) is 1.29. The lowest BCUT2D eigenvalue weighted by atomic mass is 9.77. The average molecular weight is 361 g/mol. The summed E-state index contributed by atoms with van der Waals surface area (Å²) in [6, 6.07) is 2.94. The largest absolute Gasteiger partial charge is 0.504 e. The maximum atomic E-state index is 12.2. The number of carbonyl (C=O) groups is 1. The number of rotatable bonds is 4. The monoisotopic (exact) mass is 361 g/mol. The Bertz CT molecular complexity index is 744. The summed E-state index contributed by atoms with van der Waals surface area (Å²) in [6.07, 6.45) is 2.92. The highest BCUT2D eigenvalue weighted by molar-refractivity contribution is 5.89. The Labute approximate surface area is 151 Å². The van der Waals surface area contributed by atoms with Crippen molar-refractivity contribution in [3.8, 4) is 11.5 Å². The molecule has 0 fully saturated rings. The molecule has 7 heteroatoms. The average Bonchev–Trinajstić information content (AvgIpc) is 2.63. The summed E-state index contributed by atoms with van der Waals surface area (Å²) in [5, 5.41) is 33.1. The van der Waals surface area contributed by atoms with Crippen molar-refractivity contribution >= 4 is 5.97 Å². The fourth-order valence-electron chi connectivity index (χ4n) is 3.74. The minimum Gasteiger partial charge on any atom is -0.504 e. The fraction of sp³-hybridized carbons (Fsp3) is 0.421. The van der Waals surface area contributed by atoms with Gasteiger partial charge in [0.25, 0.3) is 0 Å². The quantitative estimate of drug-likeness (QED) is 0.366. The topological polar surface area (TPSA) is 108 Å². The Balaban J connectivity index is 1.94. The molecule has 2 aliphatic heterocycles. The molecule has 0 unspecified atom stereocenters. The SMILES string of the molecule is C=C[C@H]1[C@H](O)OC=C(C(=O)OC)[C@H]1C[C@@H]1NCCc2cc(O)c(O)cc21. The van der Waals surface area contributed by atoms with Crippen molar-refractivity contribution in [3.05, 3.63) is 47.7 Å². The minimum absolute atomic E-state index is 0.148. The Hall–Kier alpha value is -2.51. The van der Waals surface area contributed by atoms with Crippen LogP contribution in [0.2, 0.25) is 0 Å². The molecular formula is C19H23NO6. The third kappa shape index (κ3) is 3.27. The van der Waals surface area contributed by atoms with E-state index in [1.54, 1.807) is 18.2 Å². The molecule has 0 saturated carbocycles. The number of nitrogens with one attached hydrogen (secondary N) is 1. The van der Waals surface area contributed by atoms with Gasteiger partial charge in [-0.3, -0.25) is 0 Å². The van der Waals surface area contributed by atoms with E-state index in [1.807, 2.05) is 0 Å². The molecule has 26 heavy (non-hydrogen) atoms. The Morgan fingerprint density at radius 2 is 2.15 bits per heavy atom. The number of hydrogen-bond donors (Lipinski definition) is 4. The molecule has 7 nitrogen and oxygen atoms in total. The predicted molar refractivity (Wildman–Crippen MR) is 93.2 cm³/mol. The van der Waals surface area contributed by atoms with Gasteiger partial charge in [-0.1, -0.05) is 6.08 Å². The number of hydrogen-bond acceptors (Lipinski definition) is 7. The van der Waals surface area contributed by atoms with E-state index in [2.05, 4.69) is 11.9 Å². The zero-order valence-electron chi connectivity index (χ0n) is 14.5. The molecule has 0 bridgehead atoms. The lowest BCUT2D eigenvalue weighted by Crippen LogP contribution is -2.39. The van der Waals surface area contributed by atoms with Gasteiger partial charge in [-0.2, -0.15) is 0 Å². The van der Waals surface area contributed by atoms with Crippen LogP contribution >= 0.6 is 0 Å². The maximum absolute atomic E-state index is 12.2. The van der Waals surface area contributed by atoms with Crippen molar-refractivity contribution in [2.24, 2.45) is 11.8 Å². The molecule has 0 spiro atoms. The maximum Gasteiger partial charge on any atom is 0.337 e. The van der Waals surface area contributed by atoms with Crippen LogP contribution in [0.1, 0.15) is 23.6 Å². The summed E-state index contributed by atoms with van der Waals surface area (Å²) >= 11 is 0. The third-order valence-corrected chi connectivity index (χ3v) is 5.11. The third-order valence-electron chi connectivity index (χ3n) is 5.11. The van der Waals surface area contributed by atoms with E-state index in [0.717, 1.165) is 17.5 Å². The highest BCUT2D eigenvalue weighted by Crippen LogP contribution is 2.41. The second-order valence-electron chi connectivity index (χ2n) is 6.54. The first-order valence-corrected chi connectivity index (χ1v) is 8.48. The minimum atomic E-state index is -1.10. The standard InChI is InChI=1S/C19H23NO6/c1-3-11-13(14(18(23)25-2)9-26-19(11)24)7-15-12-8-17(22)16(21)6-10(12)4-5-20-15/h3,6,8-9,11,13,15,19-22,24H,1,4-5,7H2,2H3/t11-,13+,15+,19-/m1/s1. The molecule has 4 N–H and O–H groups in total. The Morgan fingerprint density at radius 3 is 2.85 bits per heavy atom. The summed E-state index contributed by atoms with van der Waals surface area (Å²) in [5.41, 5.74) is 2.13. The van der Waals surface area contributed by atoms with Gasteiger partial charge >= 0.3 is 5.97 Å². The molecule has 0 radical (unpaired) electrons. The first kappa shape index (κ1) is 18.3. The van der Waals surface area contributed by atoms with Gasteiger partial charge in [0.2, 0.25) is 6.29 Å². The molecule has 0 aromatic heterocycles. The van der Waals surface area contributed by atoms with E-state index in [-0.39, 0.29) is 23.5 Å². The van der Waals surface area contributed by atoms with E-state index < -0.39 is 18.2 Å². The molecule has 0 amide bonds.